The summed E-state index contributed by atoms with van der Waals surface area (Å²) in [6.07, 6.45) is 9.78. The van der Waals surface area contributed by atoms with Gasteiger partial charge in [-0.1, -0.05) is 36.4 Å². The summed E-state index contributed by atoms with van der Waals surface area (Å²) in [5.74, 6) is 0. The van der Waals surface area contributed by atoms with Gasteiger partial charge in [-0.25, -0.2) is 4.98 Å². The Morgan fingerprint density at radius 2 is 2.06 bits per heavy atom. The zero-order valence-corrected chi connectivity index (χ0v) is 9.35. The molecule has 0 saturated heterocycles. The van der Waals surface area contributed by atoms with Crippen LogP contribution in [0.2, 0.25) is 0 Å². The molecule has 0 aliphatic heterocycles. The van der Waals surface area contributed by atoms with Crippen molar-refractivity contribution in [2.75, 3.05) is 0 Å². The Labute approximate surface area is 99.8 Å². The number of benzene rings is 1. The van der Waals surface area contributed by atoms with Gasteiger partial charge in [-0.3, -0.25) is 0 Å². The Balaban J connectivity index is 2.05. The van der Waals surface area contributed by atoms with Crippen molar-refractivity contribution < 1.29 is 0 Å². The summed E-state index contributed by atoms with van der Waals surface area (Å²) in [4.78, 5) is 4.79. The Hall–Kier alpha value is -2.15. The normalized spacial score (nSPS) is 16.5. The van der Waals surface area contributed by atoms with Gasteiger partial charge in [0, 0.05) is 16.5 Å². The van der Waals surface area contributed by atoms with Crippen molar-refractivity contribution in [1.29, 1.82) is 0 Å². The number of hydrogen-bond acceptors (Lipinski definition) is 1. The van der Waals surface area contributed by atoms with E-state index in [0.29, 0.717) is 0 Å². The molecule has 2 aliphatic carbocycles. The highest BCUT2D eigenvalue weighted by atomic mass is 14.7. The molecule has 1 heterocycles. The maximum Gasteiger partial charge on any atom is 0.0785 e. The van der Waals surface area contributed by atoms with Crippen LogP contribution in [0.3, 0.4) is 0 Å². The molecule has 0 fully saturated rings. The largest absolute Gasteiger partial charge is 0.247 e. The summed E-state index contributed by atoms with van der Waals surface area (Å²) >= 11 is 0. The molecule has 4 rings (SSSR count). The van der Waals surface area contributed by atoms with Crippen LogP contribution in [0, 0.1) is 0 Å². The number of pyridine rings is 1. The number of allylic oxidation sites excluding steroid dienone is 5. The van der Waals surface area contributed by atoms with Crippen LogP contribution in [-0.4, -0.2) is 4.98 Å². The van der Waals surface area contributed by atoms with Crippen molar-refractivity contribution in [3.8, 4) is 0 Å². The molecule has 0 saturated carbocycles. The summed E-state index contributed by atoms with van der Waals surface area (Å²) in [5, 5.41) is 1.22. The zero-order valence-electron chi connectivity index (χ0n) is 9.35. The van der Waals surface area contributed by atoms with Gasteiger partial charge in [-0.05, 0) is 30.2 Å². The van der Waals surface area contributed by atoms with Crippen LogP contribution in [0.5, 0.6) is 0 Å². The molecule has 0 bridgehead atoms. The third-order valence-electron chi connectivity index (χ3n) is 3.42. The lowest BCUT2D eigenvalue weighted by molar-refractivity contribution is 1.28. The summed E-state index contributed by atoms with van der Waals surface area (Å²) in [6.45, 7) is 0. The van der Waals surface area contributed by atoms with Crippen molar-refractivity contribution in [2.45, 2.75) is 6.42 Å². The molecule has 0 N–H and O–H groups in total. The van der Waals surface area contributed by atoms with E-state index in [-0.39, 0.29) is 0 Å². The van der Waals surface area contributed by atoms with E-state index in [1.54, 1.807) is 0 Å². The van der Waals surface area contributed by atoms with Crippen molar-refractivity contribution in [1.82, 2.24) is 4.98 Å². The molecule has 0 spiro atoms. The number of para-hydroxylation sites is 1. The molecule has 0 amide bonds. The SMILES string of the molecule is C1=CCC2=Cc3cc4ccccc4nc3C2=C1. The first-order chi connectivity index (χ1) is 8.42. The Bertz CT molecular complexity index is 717. The van der Waals surface area contributed by atoms with Crippen LogP contribution >= 0.6 is 0 Å². The smallest absolute Gasteiger partial charge is 0.0785 e. The molecule has 1 heteroatoms. The van der Waals surface area contributed by atoms with Crippen LogP contribution in [0.4, 0.5) is 0 Å². The molecule has 0 unspecified atom stereocenters. The van der Waals surface area contributed by atoms with Gasteiger partial charge in [-0.2, -0.15) is 0 Å². The molecular formula is C16H11N. The topological polar surface area (TPSA) is 12.9 Å². The van der Waals surface area contributed by atoms with E-state index in [2.05, 4.69) is 48.6 Å². The van der Waals surface area contributed by atoms with Crippen LogP contribution in [0.15, 0.2) is 54.1 Å². The molecule has 0 atom stereocenters. The predicted octanol–water partition coefficient (Wildman–Crippen LogP) is 3.98. The molecule has 80 valence electrons. The van der Waals surface area contributed by atoms with E-state index in [1.165, 1.54) is 22.1 Å². The molecule has 1 nitrogen and oxygen atoms in total. The van der Waals surface area contributed by atoms with E-state index in [4.69, 9.17) is 4.98 Å². The molecule has 1 aromatic carbocycles. The molecule has 2 aromatic rings. The van der Waals surface area contributed by atoms with Gasteiger partial charge >= 0.3 is 0 Å². The van der Waals surface area contributed by atoms with Crippen LogP contribution in [-0.2, 0) is 0 Å². The highest BCUT2D eigenvalue weighted by molar-refractivity contribution is 5.98. The van der Waals surface area contributed by atoms with E-state index in [9.17, 15) is 0 Å². The Morgan fingerprint density at radius 1 is 1.12 bits per heavy atom. The van der Waals surface area contributed by atoms with Gasteiger partial charge in [0.15, 0.2) is 0 Å². The standard InChI is InChI=1S/C16H11N/c1-3-7-14-11(5-1)9-13-10-12-6-2-4-8-15(12)17-16(13)14/h1-4,6-10H,5H2. The molecule has 1 aromatic heterocycles. The minimum absolute atomic E-state index is 1.03. The minimum Gasteiger partial charge on any atom is -0.247 e. The van der Waals surface area contributed by atoms with Gasteiger partial charge in [0.2, 0.25) is 0 Å². The van der Waals surface area contributed by atoms with Gasteiger partial charge in [0.1, 0.15) is 0 Å². The van der Waals surface area contributed by atoms with Crippen LogP contribution in [0.1, 0.15) is 17.7 Å². The van der Waals surface area contributed by atoms with Crippen molar-refractivity contribution in [3.05, 3.63) is 65.4 Å². The Morgan fingerprint density at radius 3 is 3.06 bits per heavy atom. The third-order valence-corrected chi connectivity index (χ3v) is 3.42. The van der Waals surface area contributed by atoms with Gasteiger partial charge in [0.25, 0.3) is 0 Å². The minimum atomic E-state index is 1.03. The average Bonchev–Trinajstić information content (AvgIpc) is 2.73. The molecule has 0 radical (unpaired) electrons. The summed E-state index contributed by atoms with van der Waals surface area (Å²) < 4.78 is 0. The highest BCUT2D eigenvalue weighted by Crippen LogP contribution is 2.39. The Kier molecular flexibility index (Phi) is 1.67. The summed E-state index contributed by atoms with van der Waals surface area (Å²) in [5.41, 5.74) is 6.17. The monoisotopic (exact) mass is 217 g/mol. The predicted molar refractivity (Wildman–Crippen MR) is 71.5 cm³/mol. The first kappa shape index (κ1) is 8.94. The second-order valence-corrected chi connectivity index (χ2v) is 4.50. The fourth-order valence-corrected chi connectivity index (χ4v) is 2.59. The van der Waals surface area contributed by atoms with Crippen molar-refractivity contribution in [3.63, 3.8) is 0 Å². The maximum absolute atomic E-state index is 4.79. The molecule has 2 aliphatic rings. The van der Waals surface area contributed by atoms with Crippen molar-refractivity contribution >= 4 is 22.6 Å². The lowest BCUT2D eigenvalue weighted by atomic mass is 10.0. The number of rotatable bonds is 0. The summed E-state index contributed by atoms with van der Waals surface area (Å²) in [7, 11) is 0. The van der Waals surface area contributed by atoms with E-state index in [1.807, 2.05) is 6.07 Å². The molecule has 17 heavy (non-hydrogen) atoms. The van der Waals surface area contributed by atoms with Gasteiger partial charge in [-0.15, -0.1) is 0 Å². The third kappa shape index (κ3) is 1.22. The number of nitrogens with zero attached hydrogens (tertiary/aromatic N) is 1. The first-order valence-corrected chi connectivity index (χ1v) is 5.90. The lowest BCUT2D eigenvalue weighted by Gasteiger charge is -2.08. The summed E-state index contributed by atoms with van der Waals surface area (Å²) in [6, 6.07) is 10.5. The average molecular weight is 217 g/mol. The van der Waals surface area contributed by atoms with Crippen LogP contribution in [0.25, 0.3) is 22.6 Å². The second kappa shape index (κ2) is 3.17. The fourth-order valence-electron chi connectivity index (χ4n) is 2.59. The fraction of sp³-hybridized carbons (Fsp3) is 0.0625. The second-order valence-electron chi connectivity index (χ2n) is 4.50. The number of fused-ring (bicyclic) bond motifs is 4. The quantitative estimate of drug-likeness (QED) is 0.650. The van der Waals surface area contributed by atoms with E-state index in [0.717, 1.165) is 17.6 Å². The van der Waals surface area contributed by atoms with E-state index < -0.39 is 0 Å². The van der Waals surface area contributed by atoms with Crippen LogP contribution < -0.4 is 0 Å². The first-order valence-electron chi connectivity index (χ1n) is 5.90. The van der Waals surface area contributed by atoms with Crippen molar-refractivity contribution in [2.24, 2.45) is 0 Å². The number of aromatic nitrogens is 1. The highest BCUT2D eigenvalue weighted by Gasteiger charge is 2.20. The van der Waals surface area contributed by atoms with Gasteiger partial charge < -0.3 is 0 Å². The maximum atomic E-state index is 4.79. The lowest BCUT2D eigenvalue weighted by Crippen LogP contribution is -1.92. The zero-order chi connectivity index (χ0) is 11.2. The number of hydrogen-bond donors (Lipinski definition) is 0. The molecular weight excluding hydrogens is 206 g/mol. The van der Waals surface area contributed by atoms with E-state index >= 15 is 0 Å². The van der Waals surface area contributed by atoms with Gasteiger partial charge in [0.05, 0.1) is 11.2 Å².